The fourth-order valence-corrected chi connectivity index (χ4v) is 3.59. The SMILES string of the molecule is Cn1c(-c2cccc(OC(F)(F)F)c2)cc(C(=O)NCCCc2ccc(Cl)c(Cl)c2)c(O)c1=O. The first-order valence-electron chi connectivity index (χ1n) is 9.97. The Balaban J connectivity index is 1.77. The first kappa shape index (κ1) is 25.5. The van der Waals surface area contributed by atoms with E-state index in [4.69, 9.17) is 23.2 Å². The lowest BCUT2D eigenvalue weighted by Crippen LogP contribution is -2.28. The number of carbonyl (C=O) groups is 1. The molecule has 11 heteroatoms. The fraction of sp³-hybridized carbons (Fsp3) is 0.217. The van der Waals surface area contributed by atoms with Crippen molar-refractivity contribution in [3.63, 3.8) is 0 Å². The highest BCUT2D eigenvalue weighted by Gasteiger charge is 2.31. The van der Waals surface area contributed by atoms with E-state index in [-0.39, 0.29) is 23.4 Å². The molecule has 0 saturated heterocycles. The van der Waals surface area contributed by atoms with Gasteiger partial charge in [0.25, 0.3) is 11.5 Å². The summed E-state index contributed by atoms with van der Waals surface area (Å²) in [6.45, 7) is 0.234. The molecule has 0 fully saturated rings. The average molecular weight is 515 g/mol. The molecule has 3 rings (SSSR count). The van der Waals surface area contributed by atoms with Crippen molar-refractivity contribution in [2.45, 2.75) is 19.2 Å². The van der Waals surface area contributed by atoms with Gasteiger partial charge in [0, 0.05) is 19.2 Å². The first-order valence-corrected chi connectivity index (χ1v) is 10.7. The van der Waals surface area contributed by atoms with Gasteiger partial charge in [0.2, 0.25) is 0 Å². The van der Waals surface area contributed by atoms with Crippen molar-refractivity contribution in [2.75, 3.05) is 6.54 Å². The molecule has 0 spiro atoms. The Morgan fingerprint density at radius 2 is 1.85 bits per heavy atom. The predicted octanol–water partition coefficient (Wildman–Crippen LogP) is 5.33. The van der Waals surface area contributed by atoms with Crippen LogP contribution in [0.2, 0.25) is 10.0 Å². The van der Waals surface area contributed by atoms with Crippen molar-refractivity contribution >= 4 is 29.1 Å². The lowest BCUT2D eigenvalue weighted by molar-refractivity contribution is -0.274. The van der Waals surface area contributed by atoms with Crippen LogP contribution in [-0.2, 0) is 13.5 Å². The zero-order valence-corrected chi connectivity index (χ0v) is 19.3. The van der Waals surface area contributed by atoms with Crippen LogP contribution in [0.15, 0.2) is 53.3 Å². The molecule has 0 saturated carbocycles. The monoisotopic (exact) mass is 514 g/mol. The van der Waals surface area contributed by atoms with Crippen LogP contribution in [0.3, 0.4) is 0 Å². The Morgan fingerprint density at radius 1 is 1.12 bits per heavy atom. The molecule has 0 radical (unpaired) electrons. The molecule has 1 amide bonds. The summed E-state index contributed by atoms with van der Waals surface area (Å²) < 4.78 is 42.6. The third-order valence-electron chi connectivity index (χ3n) is 4.92. The molecule has 2 N–H and O–H groups in total. The van der Waals surface area contributed by atoms with Crippen molar-refractivity contribution in [2.24, 2.45) is 7.05 Å². The molecule has 1 heterocycles. The van der Waals surface area contributed by atoms with Crippen LogP contribution in [0.25, 0.3) is 11.3 Å². The number of amides is 1. The molecule has 6 nitrogen and oxygen atoms in total. The van der Waals surface area contributed by atoms with E-state index in [1.165, 1.54) is 25.2 Å². The summed E-state index contributed by atoms with van der Waals surface area (Å²) >= 11 is 11.9. The van der Waals surface area contributed by atoms with Crippen LogP contribution >= 0.6 is 23.2 Å². The van der Waals surface area contributed by atoms with Crippen molar-refractivity contribution in [3.8, 4) is 22.8 Å². The van der Waals surface area contributed by atoms with E-state index in [9.17, 15) is 27.9 Å². The maximum Gasteiger partial charge on any atom is 0.573 e. The minimum absolute atomic E-state index is 0.122. The number of halogens is 5. The Labute approximate surface area is 202 Å². The third-order valence-corrected chi connectivity index (χ3v) is 5.66. The Kier molecular flexibility index (Phi) is 7.78. The minimum Gasteiger partial charge on any atom is -0.502 e. The Hall–Kier alpha value is -3.17. The number of nitrogens with zero attached hydrogens (tertiary/aromatic N) is 1. The average Bonchev–Trinajstić information content (AvgIpc) is 2.76. The number of carbonyl (C=O) groups excluding carboxylic acids is 1. The van der Waals surface area contributed by atoms with Crippen LogP contribution < -0.4 is 15.6 Å². The van der Waals surface area contributed by atoms with Crippen LogP contribution in [0.1, 0.15) is 22.3 Å². The zero-order valence-electron chi connectivity index (χ0n) is 17.7. The Bertz CT molecular complexity index is 1280. The van der Waals surface area contributed by atoms with Gasteiger partial charge >= 0.3 is 6.36 Å². The summed E-state index contributed by atoms with van der Waals surface area (Å²) in [5, 5.41) is 13.7. The summed E-state index contributed by atoms with van der Waals surface area (Å²) in [5.74, 6) is -1.96. The third kappa shape index (κ3) is 6.24. The van der Waals surface area contributed by atoms with Crippen LogP contribution in [0.5, 0.6) is 11.5 Å². The zero-order chi connectivity index (χ0) is 25.0. The highest BCUT2D eigenvalue weighted by molar-refractivity contribution is 6.42. The number of rotatable bonds is 7. The lowest BCUT2D eigenvalue weighted by atomic mass is 10.1. The van der Waals surface area contributed by atoms with Crippen LogP contribution in [0.4, 0.5) is 13.2 Å². The largest absolute Gasteiger partial charge is 0.573 e. The molecule has 3 aromatic rings. The molecular formula is C23H19Cl2F3N2O4. The summed E-state index contributed by atoms with van der Waals surface area (Å²) in [7, 11) is 1.33. The lowest BCUT2D eigenvalue weighted by Gasteiger charge is -2.14. The Morgan fingerprint density at radius 3 is 2.53 bits per heavy atom. The number of nitrogens with one attached hydrogen (secondary N) is 1. The second-order valence-electron chi connectivity index (χ2n) is 7.34. The van der Waals surface area contributed by atoms with E-state index < -0.39 is 29.3 Å². The van der Waals surface area contributed by atoms with Crippen molar-refractivity contribution in [3.05, 3.63) is 80.1 Å². The number of aromatic nitrogens is 1. The van der Waals surface area contributed by atoms with Crippen LogP contribution in [-0.4, -0.2) is 28.5 Å². The molecule has 0 aliphatic heterocycles. The molecule has 0 atom stereocenters. The highest BCUT2D eigenvalue weighted by Crippen LogP contribution is 2.29. The van der Waals surface area contributed by atoms with Gasteiger partial charge in [-0.2, -0.15) is 0 Å². The number of ether oxygens (including phenoxy) is 1. The minimum atomic E-state index is -4.89. The van der Waals surface area contributed by atoms with E-state index >= 15 is 0 Å². The van der Waals surface area contributed by atoms with E-state index in [0.29, 0.717) is 22.9 Å². The van der Waals surface area contributed by atoms with Crippen molar-refractivity contribution < 1.29 is 27.8 Å². The fourth-order valence-electron chi connectivity index (χ4n) is 3.27. The summed E-state index contributed by atoms with van der Waals surface area (Å²) in [4.78, 5) is 25.1. The van der Waals surface area contributed by atoms with Crippen molar-refractivity contribution in [1.82, 2.24) is 9.88 Å². The molecule has 34 heavy (non-hydrogen) atoms. The summed E-state index contributed by atoms with van der Waals surface area (Å²) in [6, 6.07) is 11.4. The summed E-state index contributed by atoms with van der Waals surface area (Å²) in [6.07, 6.45) is -3.75. The number of alkyl halides is 3. The molecule has 0 aliphatic rings. The molecule has 2 aromatic carbocycles. The van der Waals surface area contributed by atoms with Gasteiger partial charge in [-0.1, -0.05) is 41.4 Å². The van der Waals surface area contributed by atoms with E-state index in [1.54, 1.807) is 12.1 Å². The number of aromatic hydroxyl groups is 1. The van der Waals surface area contributed by atoms with Crippen molar-refractivity contribution in [1.29, 1.82) is 0 Å². The number of hydrogen-bond acceptors (Lipinski definition) is 4. The van der Waals surface area contributed by atoms with Gasteiger partial charge in [-0.15, -0.1) is 13.2 Å². The molecule has 0 bridgehead atoms. The number of benzene rings is 2. The van der Waals surface area contributed by atoms with Gasteiger partial charge in [0.1, 0.15) is 5.75 Å². The maximum atomic E-state index is 12.6. The summed E-state index contributed by atoms with van der Waals surface area (Å²) in [5.41, 5.74) is 0.0603. The first-order chi connectivity index (χ1) is 16.0. The molecule has 0 unspecified atom stereocenters. The molecule has 180 valence electrons. The van der Waals surface area contributed by atoms with Gasteiger partial charge < -0.3 is 19.7 Å². The van der Waals surface area contributed by atoms with Gasteiger partial charge in [-0.25, -0.2) is 0 Å². The smallest absolute Gasteiger partial charge is 0.502 e. The van der Waals surface area contributed by atoms with E-state index in [0.717, 1.165) is 22.3 Å². The van der Waals surface area contributed by atoms with E-state index in [1.807, 2.05) is 6.07 Å². The molecule has 1 aromatic heterocycles. The maximum absolute atomic E-state index is 12.6. The number of aryl methyl sites for hydroxylation is 1. The van der Waals surface area contributed by atoms with Gasteiger partial charge in [0.05, 0.1) is 21.3 Å². The van der Waals surface area contributed by atoms with Gasteiger partial charge in [-0.3, -0.25) is 9.59 Å². The number of hydrogen-bond donors (Lipinski definition) is 2. The highest BCUT2D eigenvalue weighted by atomic mass is 35.5. The molecular weight excluding hydrogens is 496 g/mol. The van der Waals surface area contributed by atoms with Gasteiger partial charge in [-0.05, 0) is 48.7 Å². The van der Waals surface area contributed by atoms with Crippen LogP contribution in [0, 0.1) is 0 Å². The quantitative estimate of drug-likeness (QED) is 0.418. The normalized spacial score (nSPS) is 11.4. The molecule has 0 aliphatic carbocycles. The predicted molar refractivity (Wildman–Crippen MR) is 123 cm³/mol. The van der Waals surface area contributed by atoms with E-state index in [2.05, 4.69) is 10.1 Å². The van der Waals surface area contributed by atoms with Gasteiger partial charge in [0.15, 0.2) is 5.75 Å². The second kappa shape index (κ2) is 10.4. The number of pyridine rings is 1. The second-order valence-corrected chi connectivity index (χ2v) is 8.15. The standard InChI is InChI=1S/C23H19Cl2F3N2O4/c1-30-19(14-5-2-6-15(11-14)34-23(26,27)28)12-16(20(31)22(30)33)21(32)29-9-3-4-13-7-8-17(24)18(25)10-13/h2,5-8,10-12,31H,3-4,9H2,1H3,(H,29,32). The topological polar surface area (TPSA) is 80.6 Å².